The number of nitrogens with zero attached hydrogens (tertiary/aromatic N) is 2. The first-order valence-corrected chi connectivity index (χ1v) is 11.0. The van der Waals surface area contributed by atoms with Crippen LogP contribution in [0.1, 0.15) is 28.9 Å². The summed E-state index contributed by atoms with van der Waals surface area (Å²) in [6.45, 7) is 1.36. The van der Waals surface area contributed by atoms with Crippen molar-refractivity contribution in [3.8, 4) is 5.69 Å². The summed E-state index contributed by atoms with van der Waals surface area (Å²) in [5.41, 5.74) is 2.95. The molecular weight excluding hydrogens is 386 g/mol. The van der Waals surface area contributed by atoms with Gasteiger partial charge in [-0.1, -0.05) is 30.3 Å². The molecule has 1 aliphatic heterocycles. The van der Waals surface area contributed by atoms with E-state index < -0.39 is 10.8 Å². The Morgan fingerprint density at radius 2 is 1.93 bits per heavy atom. The lowest BCUT2D eigenvalue weighted by molar-refractivity contribution is 0.0991. The highest BCUT2D eigenvalue weighted by Crippen LogP contribution is 2.20. The number of ether oxygens (including phenoxy) is 1. The van der Waals surface area contributed by atoms with E-state index in [1.54, 1.807) is 17.1 Å². The normalized spacial score (nSPS) is 15.7. The minimum atomic E-state index is -0.943. The molecule has 2 aromatic carbocycles. The summed E-state index contributed by atoms with van der Waals surface area (Å²) < 4.78 is 19.7. The van der Waals surface area contributed by atoms with Gasteiger partial charge in [-0.3, -0.25) is 13.6 Å². The van der Waals surface area contributed by atoms with E-state index in [0.29, 0.717) is 30.3 Å². The molecule has 1 unspecified atom stereocenters. The van der Waals surface area contributed by atoms with Gasteiger partial charge in [-0.25, -0.2) is 4.98 Å². The van der Waals surface area contributed by atoms with Gasteiger partial charge in [0.15, 0.2) is 0 Å². The number of benzene rings is 2. The minimum absolute atomic E-state index is 0.183. The Kier molecular flexibility index (Phi) is 6.17. The maximum Gasteiger partial charge on any atom is 0.274 e. The second kappa shape index (κ2) is 9.15. The third kappa shape index (κ3) is 4.81. The molecular formula is C22H23N3O3S. The van der Waals surface area contributed by atoms with Crippen molar-refractivity contribution < 1.29 is 13.7 Å². The first kappa shape index (κ1) is 19.5. The molecule has 150 valence electrons. The van der Waals surface area contributed by atoms with Gasteiger partial charge in [0.25, 0.3) is 5.91 Å². The first-order valence-electron chi connectivity index (χ1n) is 9.64. The molecule has 1 fully saturated rings. The van der Waals surface area contributed by atoms with E-state index in [-0.39, 0.29) is 11.2 Å². The van der Waals surface area contributed by atoms with Crippen molar-refractivity contribution in [1.82, 2.24) is 9.55 Å². The smallest absolute Gasteiger partial charge is 0.274 e. The summed E-state index contributed by atoms with van der Waals surface area (Å²) in [5.74, 6) is 0.241. The Bertz CT molecular complexity index is 997. The first-order chi connectivity index (χ1) is 14.2. The molecule has 0 aliphatic carbocycles. The van der Waals surface area contributed by atoms with Crippen LogP contribution in [0.5, 0.6) is 0 Å². The molecule has 1 N–H and O–H groups in total. The third-order valence-corrected chi connectivity index (χ3v) is 6.77. The monoisotopic (exact) mass is 409 g/mol. The van der Waals surface area contributed by atoms with Gasteiger partial charge in [0.1, 0.15) is 5.69 Å². The topological polar surface area (TPSA) is 73.2 Å². The zero-order valence-electron chi connectivity index (χ0n) is 16.0. The molecule has 0 saturated carbocycles. The van der Waals surface area contributed by atoms with Gasteiger partial charge < -0.3 is 10.1 Å². The number of para-hydroxylation sites is 1. The van der Waals surface area contributed by atoms with E-state index in [1.165, 1.54) is 0 Å². The Balaban J connectivity index is 1.45. The van der Waals surface area contributed by atoms with E-state index in [9.17, 15) is 9.00 Å². The van der Waals surface area contributed by atoms with Crippen LogP contribution in [0.15, 0.2) is 67.1 Å². The molecule has 4 rings (SSSR count). The third-order valence-electron chi connectivity index (χ3n) is 4.94. The van der Waals surface area contributed by atoms with Crippen LogP contribution in [0.2, 0.25) is 0 Å². The summed E-state index contributed by atoms with van der Waals surface area (Å²) in [6, 6.07) is 17.1. The molecule has 0 bridgehead atoms. The molecule has 6 nitrogen and oxygen atoms in total. The van der Waals surface area contributed by atoms with Crippen LogP contribution in [0.4, 0.5) is 5.69 Å². The Morgan fingerprint density at radius 3 is 2.72 bits per heavy atom. The average molecular weight is 410 g/mol. The van der Waals surface area contributed by atoms with Gasteiger partial charge >= 0.3 is 0 Å². The maximum absolute atomic E-state index is 12.8. The van der Waals surface area contributed by atoms with Gasteiger partial charge in [-0.05, 0) is 42.7 Å². The Labute approximate surface area is 172 Å². The molecule has 7 heteroatoms. The highest BCUT2D eigenvalue weighted by atomic mass is 32.2. The van der Waals surface area contributed by atoms with Crippen molar-refractivity contribution in [3.05, 3.63) is 78.4 Å². The molecule has 1 saturated heterocycles. The van der Waals surface area contributed by atoms with Crippen molar-refractivity contribution >= 4 is 22.4 Å². The lowest BCUT2D eigenvalue weighted by Crippen LogP contribution is -2.25. The zero-order chi connectivity index (χ0) is 20.1. The summed E-state index contributed by atoms with van der Waals surface area (Å²) in [6.07, 6.45) is 4.85. The molecule has 1 aliphatic rings. The van der Waals surface area contributed by atoms with Gasteiger partial charge in [-0.15, -0.1) is 0 Å². The van der Waals surface area contributed by atoms with E-state index in [1.807, 2.05) is 54.6 Å². The van der Waals surface area contributed by atoms with Crippen molar-refractivity contribution in [1.29, 1.82) is 0 Å². The van der Waals surface area contributed by atoms with Gasteiger partial charge in [-0.2, -0.15) is 0 Å². The van der Waals surface area contributed by atoms with Crippen LogP contribution in [0.3, 0.4) is 0 Å². The van der Waals surface area contributed by atoms with Gasteiger partial charge in [0, 0.05) is 46.4 Å². The number of carbonyl (C=O) groups excluding carboxylic acids is 1. The fraction of sp³-hybridized carbons (Fsp3) is 0.273. The predicted molar refractivity (Wildman–Crippen MR) is 114 cm³/mol. The van der Waals surface area contributed by atoms with Crippen molar-refractivity contribution in [2.45, 2.75) is 23.8 Å². The Hall–Kier alpha value is -2.77. The fourth-order valence-corrected chi connectivity index (χ4v) is 4.87. The second-order valence-electron chi connectivity index (χ2n) is 6.98. The van der Waals surface area contributed by atoms with Crippen LogP contribution in [-0.2, 0) is 21.3 Å². The lowest BCUT2D eigenvalue weighted by Gasteiger charge is -2.21. The van der Waals surface area contributed by atoms with Crippen LogP contribution < -0.4 is 5.32 Å². The number of imidazole rings is 1. The number of rotatable bonds is 6. The molecule has 3 aromatic rings. The van der Waals surface area contributed by atoms with E-state index in [2.05, 4.69) is 10.3 Å². The standard InChI is InChI=1S/C22H23N3O3S/c26-22(21-14-23-16-25(21)19-7-2-1-3-8-19)24-18-6-4-5-17(13-18)15-29(27)20-9-11-28-12-10-20/h1-8,13-14,16,20H,9-12,15H2,(H,24,26). The van der Waals surface area contributed by atoms with Crippen molar-refractivity contribution in [3.63, 3.8) is 0 Å². The SMILES string of the molecule is O=C(Nc1cccc(CS(=O)C2CCOCC2)c1)c1cncn1-c1ccccc1. The van der Waals surface area contributed by atoms with Crippen molar-refractivity contribution in [2.75, 3.05) is 18.5 Å². The minimum Gasteiger partial charge on any atom is -0.381 e. The van der Waals surface area contributed by atoms with E-state index in [4.69, 9.17) is 4.74 Å². The average Bonchev–Trinajstić information content (AvgIpc) is 3.25. The number of hydrogen-bond acceptors (Lipinski definition) is 4. The second-order valence-corrected chi connectivity index (χ2v) is 8.69. The zero-order valence-corrected chi connectivity index (χ0v) is 16.8. The number of amides is 1. The molecule has 1 atom stereocenters. The highest BCUT2D eigenvalue weighted by Gasteiger charge is 2.20. The summed E-state index contributed by atoms with van der Waals surface area (Å²) >= 11 is 0. The van der Waals surface area contributed by atoms with Crippen molar-refractivity contribution in [2.24, 2.45) is 0 Å². The predicted octanol–water partition coefficient (Wildman–Crippen LogP) is 3.55. The molecule has 0 radical (unpaired) electrons. The van der Waals surface area contributed by atoms with Crippen LogP contribution in [0, 0.1) is 0 Å². The summed E-state index contributed by atoms with van der Waals surface area (Å²) in [4.78, 5) is 16.9. The molecule has 1 amide bonds. The highest BCUT2D eigenvalue weighted by molar-refractivity contribution is 7.84. The number of nitrogens with one attached hydrogen (secondary N) is 1. The van der Waals surface area contributed by atoms with E-state index in [0.717, 1.165) is 24.1 Å². The number of anilines is 1. The Morgan fingerprint density at radius 1 is 1.14 bits per heavy atom. The fourth-order valence-electron chi connectivity index (χ4n) is 3.41. The largest absolute Gasteiger partial charge is 0.381 e. The molecule has 2 heterocycles. The summed E-state index contributed by atoms with van der Waals surface area (Å²) in [5, 5.41) is 3.11. The molecule has 29 heavy (non-hydrogen) atoms. The summed E-state index contributed by atoms with van der Waals surface area (Å²) in [7, 11) is -0.943. The van der Waals surface area contributed by atoms with E-state index >= 15 is 0 Å². The number of carbonyl (C=O) groups is 1. The molecule has 0 spiro atoms. The van der Waals surface area contributed by atoms with Crippen LogP contribution in [0.25, 0.3) is 5.69 Å². The van der Waals surface area contributed by atoms with Gasteiger partial charge in [0.05, 0.1) is 12.5 Å². The van der Waals surface area contributed by atoms with Gasteiger partial charge in [0.2, 0.25) is 0 Å². The quantitative estimate of drug-likeness (QED) is 0.676. The number of hydrogen-bond donors (Lipinski definition) is 1. The van der Waals surface area contributed by atoms with Crippen LogP contribution in [-0.4, -0.2) is 38.1 Å². The lowest BCUT2D eigenvalue weighted by atomic mass is 10.2. The maximum atomic E-state index is 12.8. The molecule has 1 aromatic heterocycles. The van der Waals surface area contributed by atoms with Crippen LogP contribution >= 0.6 is 0 Å². The number of aromatic nitrogens is 2.